The number of methoxy groups -OCH3 is 1. The standard InChI is InChI=1S/C25H19F6N5O3.2ClH/c1-39-12-20-35-18-10-13(34-23(38)14-5-2-3-6-16(14)24(26,27)28)9-15(21(18)36-20)22(37)33-11-19-17(25(29,30)31)7-4-8-32-19;;/h2-10H,11-12H2,1H3,(H,33,37)(H,34,38)(H,35,36);2*1H. The first-order valence-electron chi connectivity index (χ1n) is 11.2. The van der Waals surface area contributed by atoms with E-state index >= 15 is 0 Å². The lowest BCUT2D eigenvalue weighted by molar-refractivity contribution is -0.139. The molecule has 8 nitrogen and oxygen atoms in total. The third kappa shape index (κ3) is 7.65. The number of amides is 2. The predicted octanol–water partition coefficient (Wildman–Crippen LogP) is 6.17. The maximum Gasteiger partial charge on any atom is 0.418 e. The van der Waals surface area contributed by atoms with Crippen LogP contribution >= 0.6 is 24.8 Å². The van der Waals surface area contributed by atoms with Crippen molar-refractivity contribution in [2.24, 2.45) is 0 Å². The summed E-state index contributed by atoms with van der Waals surface area (Å²) >= 11 is 0. The van der Waals surface area contributed by atoms with E-state index in [1.165, 1.54) is 19.2 Å². The van der Waals surface area contributed by atoms with Crippen molar-refractivity contribution in [1.82, 2.24) is 20.3 Å². The zero-order chi connectivity index (χ0) is 28.4. The number of carbonyl (C=O) groups excluding carboxylic acids is 2. The van der Waals surface area contributed by atoms with Gasteiger partial charge in [0.15, 0.2) is 0 Å². The number of aromatic nitrogens is 3. The Morgan fingerprint density at radius 3 is 2.22 bits per heavy atom. The number of rotatable bonds is 7. The van der Waals surface area contributed by atoms with Crippen LogP contribution in [0, 0.1) is 0 Å². The molecule has 41 heavy (non-hydrogen) atoms. The molecular weight excluding hydrogens is 603 g/mol. The fraction of sp³-hybridized carbons (Fsp3) is 0.200. The molecule has 2 heterocycles. The second-order valence-electron chi connectivity index (χ2n) is 8.21. The van der Waals surface area contributed by atoms with Gasteiger partial charge in [-0.15, -0.1) is 24.8 Å². The number of benzene rings is 2. The van der Waals surface area contributed by atoms with Crippen LogP contribution in [0.2, 0.25) is 0 Å². The smallest absolute Gasteiger partial charge is 0.377 e. The van der Waals surface area contributed by atoms with Gasteiger partial charge in [-0.1, -0.05) is 12.1 Å². The van der Waals surface area contributed by atoms with E-state index in [9.17, 15) is 35.9 Å². The SMILES string of the molecule is COCc1nc2c(C(=O)NCc3ncccc3C(F)(F)F)cc(NC(=O)c3ccccc3C(F)(F)F)cc2[nH]1.Cl.Cl. The van der Waals surface area contributed by atoms with Gasteiger partial charge in [-0.2, -0.15) is 26.3 Å². The molecule has 2 amide bonds. The van der Waals surface area contributed by atoms with Crippen LogP contribution < -0.4 is 10.6 Å². The zero-order valence-corrected chi connectivity index (χ0v) is 22.4. The predicted molar refractivity (Wildman–Crippen MR) is 141 cm³/mol. The number of hydrogen-bond acceptors (Lipinski definition) is 5. The summed E-state index contributed by atoms with van der Waals surface area (Å²) in [4.78, 5) is 36.7. The van der Waals surface area contributed by atoms with Crippen molar-refractivity contribution in [3.05, 3.63) is 88.5 Å². The maximum absolute atomic E-state index is 13.4. The van der Waals surface area contributed by atoms with Gasteiger partial charge in [-0.25, -0.2) is 4.98 Å². The van der Waals surface area contributed by atoms with Crippen molar-refractivity contribution in [2.45, 2.75) is 25.5 Å². The van der Waals surface area contributed by atoms with Gasteiger partial charge in [0.1, 0.15) is 17.9 Å². The molecule has 0 aliphatic rings. The van der Waals surface area contributed by atoms with Crippen molar-refractivity contribution < 1.29 is 40.7 Å². The Morgan fingerprint density at radius 1 is 0.902 bits per heavy atom. The Bertz CT molecular complexity index is 1540. The summed E-state index contributed by atoms with van der Waals surface area (Å²) in [6, 6.07) is 8.62. The highest BCUT2D eigenvalue weighted by molar-refractivity contribution is 6.10. The highest BCUT2D eigenvalue weighted by Gasteiger charge is 2.35. The van der Waals surface area contributed by atoms with Crippen LogP contribution in [0.15, 0.2) is 54.7 Å². The van der Waals surface area contributed by atoms with E-state index in [0.29, 0.717) is 0 Å². The van der Waals surface area contributed by atoms with E-state index in [-0.39, 0.29) is 59.5 Å². The highest BCUT2D eigenvalue weighted by atomic mass is 35.5. The van der Waals surface area contributed by atoms with Crippen molar-refractivity contribution in [3.63, 3.8) is 0 Å². The maximum atomic E-state index is 13.4. The summed E-state index contributed by atoms with van der Waals surface area (Å²) in [5.74, 6) is -1.66. The summed E-state index contributed by atoms with van der Waals surface area (Å²) in [5, 5.41) is 4.70. The largest absolute Gasteiger partial charge is 0.418 e. The molecule has 220 valence electrons. The van der Waals surface area contributed by atoms with E-state index in [1.807, 2.05) is 0 Å². The van der Waals surface area contributed by atoms with Gasteiger partial charge >= 0.3 is 12.4 Å². The molecular formula is C25H21Cl2F6N5O3. The summed E-state index contributed by atoms with van der Waals surface area (Å²) < 4.78 is 85.1. The first kappa shape index (κ1) is 33.3. The second-order valence-corrected chi connectivity index (χ2v) is 8.21. The molecule has 2 aromatic carbocycles. The van der Waals surface area contributed by atoms with Crippen LogP contribution in [0.5, 0.6) is 0 Å². The van der Waals surface area contributed by atoms with E-state index in [2.05, 4.69) is 25.6 Å². The van der Waals surface area contributed by atoms with Crippen molar-refractivity contribution in [2.75, 3.05) is 12.4 Å². The van der Waals surface area contributed by atoms with Crippen molar-refractivity contribution in [3.8, 4) is 0 Å². The Balaban J connectivity index is 0.00000294. The van der Waals surface area contributed by atoms with Crippen LogP contribution in [-0.2, 0) is 30.2 Å². The zero-order valence-electron chi connectivity index (χ0n) is 20.8. The summed E-state index contributed by atoms with van der Waals surface area (Å²) in [5.41, 5.74) is -3.14. The van der Waals surface area contributed by atoms with Crippen LogP contribution in [-0.4, -0.2) is 33.9 Å². The molecule has 0 bridgehead atoms. The van der Waals surface area contributed by atoms with Gasteiger partial charge in [0.05, 0.1) is 40.0 Å². The minimum atomic E-state index is -4.79. The number of anilines is 1. The van der Waals surface area contributed by atoms with Crippen LogP contribution in [0.1, 0.15) is 43.4 Å². The lowest BCUT2D eigenvalue weighted by Crippen LogP contribution is -2.26. The number of carbonyl (C=O) groups is 2. The molecule has 0 radical (unpaired) electrons. The molecule has 0 aliphatic carbocycles. The Labute approximate surface area is 240 Å². The van der Waals surface area contributed by atoms with Gasteiger partial charge in [0, 0.05) is 19.0 Å². The normalized spacial score (nSPS) is 11.4. The molecule has 16 heteroatoms. The number of nitrogens with one attached hydrogen (secondary N) is 3. The van der Waals surface area contributed by atoms with Gasteiger partial charge < -0.3 is 20.4 Å². The van der Waals surface area contributed by atoms with E-state index in [0.717, 1.165) is 42.6 Å². The molecule has 0 fully saturated rings. The fourth-order valence-electron chi connectivity index (χ4n) is 3.84. The number of aromatic amines is 1. The van der Waals surface area contributed by atoms with Crippen LogP contribution in [0.3, 0.4) is 0 Å². The molecule has 0 unspecified atom stereocenters. The Kier molecular flexibility index (Phi) is 10.7. The summed E-state index contributed by atoms with van der Waals surface area (Å²) in [7, 11) is 1.40. The van der Waals surface area contributed by atoms with E-state index in [4.69, 9.17) is 4.74 Å². The van der Waals surface area contributed by atoms with Gasteiger partial charge in [-0.05, 0) is 36.4 Å². The number of H-pyrrole nitrogens is 1. The Morgan fingerprint density at radius 2 is 1.56 bits per heavy atom. The number of imidazole rings is 1. The van der Waals surface area contributed by atoms with E-state index < -0.39 is 53.1 Å². The second kappa shape index (κ2) is 13.2. The molecule has 3 N–H and O–H groups in total. The lowest BCUT2D eigenvalue weighted by Gasteiger charge is -2.14. The monoisotopic (exact) mass is 623 g/mol. The molecule has 0 spiro atoms. The summed E-state index contributed by atoms with van der Waals surface area (Å²) in [6.07, 6.45) is -8.34. The number of hydrogen-bond donors (Lipinski definition) is 3. The van der Waals surface area contributed by atoms with Crippen LogP contribution in [0.4, 0.5) is 32.0 Å². The number of ether oxygens (including phenoxy) is 1. The number of pyridine rings is 1. The fourth-order valence-corrected chi connectivity index (χ4v) is 3.84. The molecule has 4 rings (SSSR count). The molecule has 0 saturated carbocycles. The highest BCUT2D eigenvalue weighted by Crippen LogP contribution is 2.33. The topological polar surface area (TPSA) is 109 Å². The van der Waals surface area contributed by atoms with Crippen molar-refractivity contribution >= 4 is 53.3 Å². The lowest BCUT2D eigenvalue weighted by atomic mass is 10.1. The Hall–Kier alpha value is -3.88. The average molecular weight is 624 g/mol. The van der Waals surface area contributed by atoms with Crippen molar-refractivity contribution in [1.29, 1.82) is 0 Å². The van der Waals surface area contributed by atoms with Gasteiger partial charge in [0.2, 0.25) is 0 Å². The van der Waals surface area contributed by atoms with Gasteiger partial charge in [-0.3, -0.25) is 14.6 Å². The van der Waals surface area contributed by atoms with Crippen LogP contribution in [0.25, 0.3) is 11.0 Å². The molecule has 0 aliphatic heterocycles. The minimum Gasteiger partial charge on any atom is -0.377 e. The molecule has 0 saturated heterocycles. The number of nitrogens with zero attached hydrogens (tertiary/aromatic N) is 2. The minimum absolute atomic E-state index is 0. The molecule has 2 aromatic heterocycles. The molecule has 4 aromatic rings. The number of alkyl halides is 6. The quantitative estimate of drug-likeness (QED) is 0.213. The third-order valence-corrected chi connectivity index (χ3v) is 5.51. The number of halogens is 8. The number of fused-ring (bicyclic) bond motifs is 1. The first-order valence-corrected chi connectivity index (χ1v) is 11.2. The third-order valence-electron chi connectivity index (χ3n) is 5.51. The van der Waals surface area contributed by atoms with E-state index in [1.54, 1.807) is 0 Å². The average Bonchev–Trinajstić information content (AvgIpc) is 3.28. The van der Waals surface area contributed by atoms with Gasteiger partial charge in [0.25, 0.3) is 11.8 Å². The summed E-state index contributed by atoms with van der Waals surface area (Å²) in [6.45, 7) is -0.569. The first-order chi connectivity index (χ1) is 18.4. The molecule has 0 atom stereocenters.